The van der Waals surface area contributed by atoms with Gasteiger partial charge in [0.05, 0.1) is 0 Å². The number of benzene rings is 1. The highest BCUT2D eigenvalue weighted by Gasteiger charge is 2.31. The molecule has 1 saturated heterocycles. The van der Waals surface area contributed by atoms with Crippen LogP contribution in [0.2, 0.25) is 5.02 Å². The van der Waals surface area contributed by atoms with Crippen LogP contribution in [-0.2, 0) is 9.59 Å². The predicted molar refractivity (Wildman–Crippen MR) is 101 cm³/mol. The number of nitrogens with zero attached hydrogens (tertiary/aromatic N) is 1. The fourth-order valence-electron chi connectivity index (χ4n) is 3.97. The van der Waals surface area contributed by atoms with Gasteiger partial charge in [0.1, 0.15) is 0 Å². The van der Waals surface area contributed by atoms with E-state index in [9.17, 15) is 9.59 Å². The number of nitrogens with one attached hydrogen (secondary N) is 1. The molecule has 1 aliphatic carbocycles. The van der Waals surface area contributed by atoms with Gasteiger partial charge in [-0.1, -0.05) is 30.9 Å². The van der Waals surface area contributed by atoms with Crippen LogP contribution in [0.4, 0.5) is 5.69 Å². The zero-order valence-electron chi connectivity index (χ0n) is 14.9. The Bertz CT molecular complexity index is 633. The summed E-state index contributed by atoms with van der Waals surface area (Å²) in [5.41, 5.74) is 1.78. The van der Waals surface area contributed by atoms with Crippen molar-refractivity contribution in [3.05, 3.63) is 28.8 Å². The molecule has 1 aromatic rings. The van der Waals surface area contributed by atoms with Crippen LogP contribution in [0.15, 0.2) is 18.2 Å². The first-order chi connectivity index (χ1) is 12.0. The topological polar surface area (TPSA) is 49.4 Å². The van der Waals surface area contributed by atoms with Crippen LogP contribution in [0.1, 0.15) is 50.5 Å². The summed E-state index contributed by atoms with van der Waals surface area (Å²) in [7, 11) is 0. The van der Waals surface area contributed by atoms with Crippen molar-refractivity contribution in [2.75, 3.05) is 18.4 Å². The van der Waals surface area contributed by atoms with Gasteiger partial charge in [0, 0.05) is 35.6 Å². The number of aryl methyl sites for hydroxylation is 1. The summed E-state index contributed by atoms with van der Waals surface area (Å²) in [6.07, 6.45) is 7.18. The molecule has 3 rings (SSSR count). The van der Waals surface area contributed by atoms with Crippen molar-refractivity contribution in [1.82, 2.24) is 4.90 Å². The monoisotopic (exact) mass is 362 g/mol. The van der Waals surface area contributed by atoms with Gasteiger partial charge in [0.2, 0.25) is 11.8 Å². The van der Waals surface area contributed by atoms with E-state index < -0.39 is 0 Å². The van der Waals surface area contributed by atoms with E-state index in [1.807, 2.05) is 24.0 Å². The van der Waals surface area contributed by atoms with Gasteiger partial charge in [0.25, 0.3) is 0 Å². The average molecular weight is 363 g/mol. The molecule has 4 nitrogen and oxygen atoms in total. The van der Waals surface area contributed by atoms with Crippen molar-refractivity contribution in [3.8, 4) is 0 Å². The highest BCUT2D eigenvalue weighted by molar-refractivity contribution is 6.30. The van der Waals surface area contributed by atoms with Crippen LogP contribution < -0.4 is 5.32 Å². The Morgan fingerprint density at radius 3 is 2.36 bits per heavy atom. The largest absolute Gasteiger partial charge is 0.342 e. The molecule has 0 spiro atoms. The van der Waals surface area contributed by atoms with E-state index in [0.717, 1.165) is 36.9 Å². The summed E-state index contributed by atoms with van der Waals surface area (Å²) in [6.45, 7) is 3.34. The van der Waals surface area contributed by atoms with E-state index in [1.54, 1.807) is 6.07 Å². The number of hydrogen-bond acceptors (Lipinski definition) is 2. The lowest BCUT2D eigenvalue weighted by Gasteiger charge is -2.34. The maximum Gasteiger partial charge on any atom is 0.227 e. The molecule has 0 radical (unpaired) electrons. The normalized spacial score (nSPS) is 19.7. The first-order valence-electron chi connectivity index (χ1n) is 9.40. The Morgan fingerprint density at radius 1 is 1.04 bits per heavy atom. The van der Waals surface area contributed by atoms with E-state index in [2.05, 4.69) is 5.32 Å². The summed E-state index contributed by atoms with van der Waals surface area (Å²) >= 11 is 5.96. The van der Waals surface area contributed by atoms with Gasteiger partial charge in [-0.25, -0.2) is 0 Å². The molecular weight excluding hydrogens is 336 g/mol. The fourth-order valence-corrected chi connectivity index (χ4v) is 4.20. The summed E-state index contributed by atoms with van der Waals surface area (Å²) in [4.78, 5) is 27.1. The average Bonchev–Trinajstić information content (AvgIpc) is 2.64. The molecule has 2 amide bonds. The number of piperidine rings is 1. The number of hydrogen-bond donors (Lipinski definition) is 1. The highest BCUT2D eigenvalue weighted by Crippen LogP contribution is 2.28. The Morgan fingerprint density at radius 2 is 1.72 bits per heavy atom. The van der Waals surface area contributed by atoms with Crippen LogP contribution in [0.5, 0.6) is 0 Å². The highest BCUT2D eigenvalue weighted by atomic mass is 35.5. The van der Waals surface area contributed by atoms with Crippen LogP contribution in [0.25, 0.3) is 0 Å². The van der Waals surface area contributed by atoms with Crippen molar-refractivity contribution in [2.24, 2.45) is 11.8 Å². The second-order valence-electron chi connectivity index (χ2n) is 7.38. The molecule has 0 unspecified atom stereocenters. The lowest BCUT2D eigenvalue weighted by molar-refractivity contribution is -0.139. The molecule has 1 saturated carbocycles. The van der Waals surface area contributed by atoms with Crippen LogP contribution in [0, 0.1) is 18.8 Å². The first-order valence-corrected chi connectivity index (χ1v) is 9.78. The van der Waals surface area contributed by atoms with Gasteiger partial charge >= 0.3 is 0 Å². The van der Waals surface area contributed by atoms with Crippen molar-refractivity contribution in [3.63, 3.8) is 0 Å². The van der Waals surface area contributed by atoms with Gasteiger partial charge in [-0.2, -0.15) is 0 Å². The van der Waals surface area contributed by atoms with Gasteiger partial charge in [-0.05, 0) is 56.4 Å². The SMILES string of the molecule is Cc1cc(Cl)ccc1NC(=O)C1CCN(C(=O)C2CCCCC2)CC1. The van der Waals surface area contributed by atoms with Gasteiger partial charge < -0.3 is 10.2 Å². The molecule has 0 bridgehead atoms. The maximum absolute atomic E-state index is 12.6. The molecule has 25 heavy (non-hydrogen) atoms. The first kappa shape index (κ1) is 18.2. The molecule has 1 aromatic carbocycles. The van der Waals surface area contributed by atoms with Gasteiger partial charge in [0.15, 0.2) is 0 Å². The zero-order chi connectivity index (χ0) is 17.8. The summed E-state index contributed by atoms with van der Waals surface area (Å²) in [5.74, 6) is 0.559. The maximum atomic E-state index is 12.6. The van der Waals surface area contributed by atoms with Gasteiger partial charge in [-0.15, -0.1) is 0 Å². The van der Waals surface area contributed by atoms with E-state index in [4.69, 9.17) is 11.6 Å². The van der Waals surface area contributed by atoms with Crippen molar-refractivity contribution < 1.29 is 9.59 Å². The minimum atomic E-state index is -0.0227. The number of anilines is 1. The molecule has 0 atom stereocenters. The molecule has 136 valence electrons. The molecule has 5 heteroatoms. The third-order valence-electron chi connectivity index (χ3n) is 5.58. The Hall–Kier alpha value is -1.55. The standard InChI is InChI=1S/C20H27ClN2O2/c1-14-13-17(21)7-8-18(14)22-19(24)15-9-11-23(12-10-15)20(25)16-5-3-2-4-6-16/h7-8,13,15-16H,2-6,9-12H2,1H3,(H,22,24). The van der Waals surface area contributed by atoms with Crippen LogP contribution in [0.3, 0.4) is 0 Å². The molecule has 0 aromatic heterocycles. The van der Waals surface area contributed by atoms with Gasteiger partial charge in [-0.3, -0.25) is 9.59 Å². The summed E-state index contributed by atoms with van der Waals surface area (Å²) < 4.78 is 0. The number of carbonyl (C=O) groups excluding carboxylic acids is 2. The molecule has 1 N–H and O–H groups in total. The number of rotatable bonds is 3. The predicted octanol–water partition coefficient (Wildman–Crippen LogP) is 4.41. The molecular formula is C20H27ClN2O2. The second kappa shape index (κ2) is 8.22. The quantitative estimate of drug-likeness (QED) is 0.866. The minimum Gasteiger partial charge on any atom is -0.342 e. The number of likely N-dealkylation sites (tertiary alicyclic amines) is 1. The molecule has 2 fully saturated rings. The number of halogens is 1. The van der Waals surface area contributed by atoms with Crippen molar-refractivity contribution in [1.29, 1.82) is 0 Å². The Labute approximate surface area is 154 Å². The van der Waals surface area contributed by atoms with E-state index in [1.165, 1.54) is 19.3 Å². The number of carbonyl (C=O) groups is 2. The fraction of sp³-hybridized carbons (Fsp3) is 0.600. The molecule has 1 heterocycles. The smallest absolute Gasteiger partial charge is 0.227 e. The van der Waals surface area contributed by atoms with Crippen LogP contribution >= 0.6 is 11.6 Å². The summed E-state index contributed by atoms with van der Waals surface area (Å²) in [6, 6.07) is 5.48. The lowest BCUT2D eigenvalue weighted by Crippen LogP contribution is -2.44. The van der Waals surface area contributed by atoms with Crippen molar-refractivity contribution in [2.45, 2.75) is 51.9 Å². The van der Waals surface area contributed by atoms with Crippen molar-refractivity contribution >= 4 is 29.1 Å². The van der Waals surface area contributed by atoms with E-state index >= 15 is 0 Å². The third kappa shape index (κ3) is 4.55. The molecule has 1 aliphatic heterocycles. The van der Waals surface area contributed by atoms with Crippen LogP contribution in [-0.4, -0.2) is 29.8 Å². The number of amides is 2. The second-order valence-corrected chi connectivity index (χ2v) is 7.82. The third-order valence-corrected chi connectivity index (χ3v) is 5.81. The lowest BCUT2D eigenvalue weighted by atomic mass is 9.87. The zero-order valence-corrected chi connectivity index (χ0v) is 15.6. The Balaban J connectivity index is 1.51. The minimum absolute atomic E-state index is 0.0227. The van der Waals surface area contributed by atoms with E-state index in [-0.39, 0.29) is 17.7 Å². The Kier molecular flexibility index (Phi) is 6.00. The molecule has 2 aliphatic rings. The van der Waals surface area contributed by atoms with E-state index in [0.29, 0.717) is 24.0 Å². The summed E-state index contributed by atoms with van der Waals surface area (Å²) in [5, 5.41) is 3.68.